The van der Waals surface area contributed by atoms with E-state index < -0.39 is 10.0 Å². The largest absolute Gasteiger partial charge is 0.352 e. The van der Waals surface area contributed by atoms with Gasteiger partial charge in [-0.25, -0.2) is 13.4 Å². The predicted octanol–water partition coefficient (Wildman–Crippen LogP) is 3.11. The van der Waals surface area contributed by atoms with Gasteiger partial charge >= 0.3 is 0 Å². The first-order valence-corrected chi connectivity index (χ1v) is 11.7. The third kappa shape index (κ3) is 6.63. The topological polar surface area (TPSA) is 86.7 Å². The Hall–Kier alpha value is -1.24. The van der Waals surface area contributed by atoms with E-state index in [1.165, 1.54) is 4.88 Å². The van der Waals surface area contributed by atoms with Gasteiger partial charge in [-0.1, -0.05) is 18.6 Å². The number of hydrogen-bond acceptors (Lipinski definition) is 5. The minimum absolute atomic E-state index is 0. The third-order valence-corrected chi connectivity index (χ3v) is 7.46. The van der Waals surface area contributed by atoms with Crippen molar-refractivity contribution in [2.75, 3.05) is 20.1 Å². The van der Waals surface area contributed by atoms with E-state index in [1.807, 2.05) is 25.3 Å². The van der Waals surface area contributed by atoms with E-state index in [2.05, 4.69) is 20.6 Å². The van der Waals surface area contributed by atoms with Crippen molar-refractivity contribution in [3.05, 3.63) is 45.9 Å². The minimum atomic E-state index is -3.38. The van der Waals surface area contributed by atoms with Gasteiger partial charge in [0.1, 0.15) is 5.01 Å². The van der Waals surface area contributed by atoms with E-state index in [-0.39, 0.29) is 24.0 Å². The molecule has 10 heteroatoms. The summed E-state index contributed by atoms with van der Waals surface area (Å²) in [6, 6.07) is 7.08. The lowest BCUT2D eigenvalue weighted by Gasteiger charge is -2.25. The number of guanidine groups is 1. The van der Waals surface area contributed by atoms with Crippen LogP contribution < -0.4 is 10.6 Å². The standard InChI is InChI=1S/C19H27N5O2S2.HI/c1-15-12-21-18(27-15)14-23-19(20-2)22-13-16-6-8-17(9-7-16)28(25,26)24-10-4-3-5-11-24;/h6-9,12H,3-5,10-11,13-14H2,1-2H3,(H2,20,22,23);1H. The fourth-order valence-corrected chi connectivity index (χ4v) is 5.33. The smallest absolute Gasteiger partial charge is 0.243 e. The van der Waals surface area contributed by atoms with Crippen LogP contribution in [-0.2, 0) is 23.1 Å². The molecule has 1 saturated heterocycles. The summed E-state index contributed by atoms with van der Waals surface area (Å²) in [5.74, 6) is 0.679. The molecule has 3 rings (SSSR count). The summed E-state index contributed by atoms with van der Waals surface area (Å²) in [6.07, 6.45) is 4.84. The van der Waals surface area contributed by atoms with Crippen LogP contribution in [0.5, 0.6) is 0 Å². The highest BCUT2D eigenvalue weighted by Crippen LogP contribution is 2.20. The fraction of sp³-hybridized carbons (Fsp3) is 0.474. The van der Waals surface area contributed by atoms with Gasteiger partial charge in [-0.3, -0.25) is 4.99 Å². The molecule has 1 fully saturated rings. The van der Waals surface area contributed by atoms with Gasteiger partial charge in [0.15, 0.2) is 5.96 Å². The molecule has 0 spiro atoms. The lowest BCUT2D eigenvalue weighted by Crippen LogP contribution is -2.36. The van der Waals surface area contributed by atoms with Crippen LogP contribution in [0.3, 0.4) is 0 Å². The average Bonchev–Trinajstić information content (AvgIpc) is 3.14. The van der Waals surface area contributed by atoms with Crippen molar-refractivity contribution in [1.82, 2.24) is 19.9 Å². The van der Waals surface area contributed by atoms with Gasteiger partial charge in [0.25, 0.3) is 0 Å². The van der Waals surface area contributed by atoms with Crippen molar-refractivity contribution in [3.63, 3.8) is 0 Å². The number of aliphatic imine (C=N–C) groups is 1. The van der Waals surface area contributed by atoms with Crippen LogP contribution >= 0.6 is 35.3 Å². The van der Waals surface area contributed by atoms with Crippen molar-refractivity contribution >= 4 is 51.3 Å². The SMILES string of the molecule is CN=C(NCc1ccc(S(=O)(=O)N2CCCCC2)cc1)NCc1ncc(C)s1.I. The molecule has 2 aromatic rings. The van der Waals surface area contributed by atoms with Crippen LogP contribution in [0.4, 0.5) is 0 Å². The Bertz CT molecular complexity index is 907. The molecule has 1 aromatic heterocycles. The van der Waals surface area contributed by atoms with E-state index in [0.717, 1.165) is 29.8 Å². The quantitative estimate of drug-likeness (QED) is 0.329. The van der Waals surface area contributed by atoms with Crippen molar-refractivity contribution in [2.45, 2.75) is 44.2 Å². The Kier molecular flexibility index (Phi) is 9.31. The second kappa shape index (κ2) is 11.2. The van der Waals surface area contributed by atoms with Gasteiger partial charge in [0.05, 0.1) is 11.4 Å². The lowest BCUT2D eigenvalue weighted by molar-refractivity contribution is 0.346. The molecule has 0 atom stereocenters. The van der Waals surface area contributed by atoms with E-state index in [0.29, 0.717) is 37.0 Å². The van der Waals surface area contributed by atoms with E-state index in [4.69, 9.17) is 0 Å². The zero-order valence-corrected chi connectivity index (χ0v) is 20.7. The molecule has 0 aliphatic carbocycles. The first-order valence-electron chi connectivity index (χ1n) is 9.44. The predicted molar refractivity (Wildman–Crippen MR) is 128 cm³/mol. The first-order chi connectivity index (χ1) is 13.5. The zero-order chi connectivity index (χ0) is 20.0. The number of rotatable bonds is 6. The van der Waals surface area contributed by atoms with Crippen LogP contribution in [0.2, 0.25) is 0 Å². The van der Waals surface area contributed by atoms with Gasteiger partial charge in [-0.05, 0) is 37.5 Å². The highest BCUT2D eigenvalue weighted by atomic mass is 127. The fourth-order valence-electron chi connectivity index (χ4n) is 3.08. The number of halogens is 1. The van der Waals surface area contributed by atoms with Crippen LogP contribution in [-0.4, -0.2) is 43.8 Å². The normalized spacial score (nSPS) is 15.6. The molecule has 0 bridgehead atoms. The summed E-state index contributed by atoms with van der Waals surface area (Å²) < 4.78 is 27.0. The van der Waals surface area contributed by atoms with Gasteiger partial charge in [0.2, 0.25) is 10.0 Å². The minimum Gasteiger partial charge on any atom is -0.352 e. The highest BCUT2D eigenvalue weighted by Gasteiger charge is 2.25. The number of aromatic nitrogens is 1. The molecular weight excluding hydrogens is 521 g/mol. The highest BCUT2D eigenvalue weighted by molar-refractivity contribution is 14.0. The molecule has 1 aliphatic heterocycles. The Morgan fingerprint density at radius 3 is 2.38 bits per heavy atom. The van der Waals surface area contributed by atoms with E-state index >= 15 is 0 Å². The summed E-state index contributed by atoms with van der Waals surface area (Å²) >= 11 is 1.65. The first kappa shape index (κ1) is 24.0. The number of benzene rings is 1. The second-order valence-corrected chi connectivity index (χ2v) is 10.0. The number of aryl methyl sites for hydroxylation is 1. The lowest BCUT2D eigenvalue weighted by atomic mass is 10.2. The van der Waals surface area contributed by atoms with Crippen LogP contribution in [0, 0.1) is 6.92 Å². The number of thiazole rings is 1. The number of nitrogens with zero attached hydrogens (tertiary/aromatic N) is 3. The molecule has 1 aliphatic rings. The Balaban J connectivity index is 0.00000300. The maximum Gasteiger partial charge on any atom is 0.243 e. The zero-order valence-electron chi connectivity index (χ0n) is 16.7. The molecule has 2 heterocycles. The third-order valence-electron chi connectivity index (χ3n) is 4.64. The van der Waals surface area contributed by atoms with Gasteiger partial charge in [0, 0.05) is 37.8 Å². The summed E-state index contributed by atoms with van der Waals surface area (Å²) in [5.41, 5.74) is 0.991. The summed E-state index contributed by atoms with van der Waals surface area (Å²) in [7, 11) is -1.66. The van der Waals surface area contributed by atoms with Crippen molar-refractivity contribution in [1.29, 1.82) is 0 Å². The molecular formula is C19H28IN5O2S2. The van der Waals surface area contributed by atoms with Gasteiger partial charge in [-0.2, -0.15) is 4.31 Å². The van der Waals surface area contributed by atoms with Crippen molar-refractivity contribution in [2.24, 2.45) is 4.99 Å². The number of hydrogen-bond donors (Lipinski definition) is 2. The van der Waals surface area contributed by atoms with Crippen LogP contribution in [0.15, 0.2) is 40.4 Å². The monoisotopic (exact) mass is 549 g/mol. The molecule has 0 unspecified atom stereocenters. The maximum atomic E-state index is 12.7. The number of piperidine rings is 1. The van der Waals surface area contributed by atoms with Crippen molar-refractivity contribution in [3.8, 4) is 0 Å². The molecule has 1 aromatic carbocycles. The maximum absolute atomic E-state index is 12.7. The molecule has 7 nitrogen and oxygen atoms in total. The molecule has 0 radical (unpaired) electrons. The van der Waals surface area contributed by atoms with E-state index in [9.17, 15) is 8.42 Å². The second-order valence-electron chi connectivity index (χ2n) is 6.75. The van der Waals surface area contributed by atoms with Crippen LogP contribution in [0.1, 0.15) is 34.7 Å². The molecule has 160 valence electrons. The number of nitrogens with one attached hydrogen (secondary N) is 2. The van der Waals surface area contributed by atoms with Crippen molar-refractivity contribution < 1.29 is 8.42 Å². The average molecular weight is 550 g/mol. The molecule has 29 heavy (non-hydrogen) atoms. The summed E-state index contributed by atoms with van der Waals surface area (Å²) in [6.45, 7) is 4.44. The molecule has 0 amide bonds. The van der Waals surface area contributed by atoms with E-state index in [1.54, 1.807) is 34.8 Å². The molecule has 0 saturated carbocycles. The Morgan fingerprint density at radius 2 is 1.79 bits per heavy atom. The van der Waals surface area contributed by atoms with Crippen LogP contribution in [0.25, 0.3) is 0 Å². The molecule has 2 N–H and O–H groups in total. The summed E-state index contributed by atoms with van der Waals surface area (Å²) in [4.78, 5) is 10.1. The summed E-state index contributed by atoms with van der Waals surface area (Å²) in [5, 5.41) is 7.48. The number of sulfonamides is 1. The van der Waals surface area contributed by atoms with Gasteiger partial charge < -0.3 is 10.6 Å². The van der Waals surface area contributed by atoms with Gasteiger partial charge in [-0.15, -0.1) is 35.3 Å². The Morgan fingerprint density at radius 1 is 1.14 bits per heavy atom. The Labute approximate surface area is 194 Å².